The third kappa shape index (κ3) is 5.39. The second-order valence-electron chi connectivity index (χ2n) is 8.91. The molecule has 0 aromatic rings. The lowest BCUT2D eigenvalue weighted by Crippen LogP contribution is -2.69. The highest BCUT2D eigenvalue weighted by Gasteiger charge is 2.52. The average Bonchev–Trinajstić information content (AvgIpc) is 2.83. The predicted molar refractivity (Wildman–Crippen MR) is 111 cm³/mol. The van der Waals surface area contributed by atoms with Crippen molar-refractivity contribution in [1.29, 1.82) is 0 Å². The number of hydrogen-bond donors (Lipinski definition) is 10. The number of aliphatic hydroxyl groups is 7. The quantitative estimate of drug-likeness (QED) is 0.156. The van der Waals surface area contributed by atoms with Crippen LogP contribution in [0.5, 0.6) is 0 Å². The lowest BCUT2D eigenvalue weighted by atomic mass is 9.93. The lowest BCUT2D eigenvalue weighted by Gasteiger charge is -2.48. The largest absolute Gasteiger partial charge is 0.394 e. The number of ether oxygens (including phenoxy) is 5. The molecule has 34 heavy (non-hydrogen) atoms. The molecule has 0 aliphatic carbocycles. The third-order valence-electron chi connectivity index (χ3n) is 6.62. The lowest BCUT2D eigenvalue weighted by molar-refractivity contribution is -0.342. The molecule has 0 aromatic carbocycles. The zero-order valence-electron chi connectivity index (χ0n) is 18.7. The molecule has 13 N–H and O–H groups in total. The maximum absolute atomic E-state index is 10.8. The van der Waals surface area contributed by atoms with Crippen molar-refractivity contribution in [2.45, 2.75) is 98.7 Å². The minimum absolute atomic E-state index is 0.491. The number of hydrogen-bond acceptors (Lipinski definition) is 15. The van der Waals surface area contributed by atoms with Gasteiger partial charge in [0.15, 0.2) is 12.6 Å². The van der Waals surface area contributed by atoms with E-state index in [9.17, 15) is 35.7 Å². The van der Waals surface area contributed by atoms with Crippen LogP contribution in [0, 0.1) is 0 Å². The topological polar surface area (TPSA) is 266 Å². The van der Waals surface area contributed by atoms with Crippen molar-refractivity contribution in [2.24, 2.45) is 17.2 Å². The van der Waals surface area contributed by atoms with Gasteiger partial charge < -0.3 is 76.6 Å². The Kier molecular flexibility index (Phi) is 9.57. The van der Waals surface area contributed by atoms with Crippen LogP contribution in [0.4, 0.5) is 0 Å². The van der Waals surface area contributed by atoms with E-state index in [0.717, 1.165) is 0 Å². The highest BCUT2D eigenvalue weighted by molar-refractivity contribution is 4.99. The SMILES string of the molecule is CC1OC(CO)[C@@H](OC2OC(CO)[C@@H](OC3OC(CO)[C@@H](O)[C@H](O)[C@@H]3N)[C@H](O)[C@@H]2N)[C@H](O)[C@@H]1N. The van der Waals surface area contributed by atoms with E-state index in [0.29, 0.717) is 0 Å². The first kappa shape index (κ1) is 28.0. The van der Waals surface area contributed by atoms with Crippen LogP contribution < -0.4 is 17.2 Å². The van der Waals surface area contributed by atoms with Gasteiger partial charge in [0.25, 0.3) is 0 Å². The van der Waals surface area contributed by atoms with E-state index < -0.39 is 112 Å². The molecule has 200 valence electrons. The van der Waals surface area contributed by atoms with Crippen LogP contribution in [-0.2, 0) is 23.7 Å². The fourth-order valence-corrected chi connectivity index (χ4v) is 4.39. The van der Waals surface area contributed by atoms with E-state index >= 15 is 0 Å². The molecule has 15 atom stereocenters. The first-order valence-electron chi connectivity index (χ1n) is 11.1. The van der Waals surface area contributed by atoms with Crippen molar-refractivity contribution in [1.82, 2.24) is 0 Å². The summed E-state index contributed by atoms with van der Waals surface area (Å²) in [6, 6.07) is -3.34. The molecule has 3 fully saturated rings. The second kappa shape index (κ2) is 11.6. The monoisotopic (exact) mass is 499 g/mol. The van der Waals surface area contributed by atoms with Gasteiger partial charge >= 0.3 is 0 Å². The summed E-state index contributed by atoms with van der Waals surface area (Å²) in [4.78, 5) is 0. The fourth-order valence-electron chi connectivity index (χ4n) is 4.39. The van der Waals surface area contributed by atoms with Gasteiger partial charge in [-0.25, -0.2) is 0 Å². The Labute approximate surface area is 195 Å². The summed E-state index contributed by atoms with van der Waals surface area (Å²) in [5, 5.41) is 70.3. The minimum atomic E-state index is -1.51. The molecule has 0 bridgehead atoms. The van der Waals surface area contributed by atoms with Crippen LogP contribution >= 0.6 is 0 Å². The molecule has 3 aliphatic heterocycles. The first-order chi connectivity index (χ1) is 16.0. The van der Waals surface area contributed by atoms with E-state index in [-0.39, 0.29) is 0 Å². The van der Waals surface area contributed by atoms with Crippen LogP contribution in [-0.4, -0.2) is 147 Å². The summed E-state index contributed by atoms with van der Waals surface area (Å²) in [6.07, 6.45) is -14.8. The molecule has 3 rings (SSSR count). The first-order valence-corrected chi connectivity index (χ1v) is 11.1. The molecule has 3 heterocycles. The molecule has 0 radical (unpaired) electrons. The van der Waals surface area contributed by atoms with E-state index in [4.69, 9.17) is 40.9 Å². The van der Waals surface area contributed by atoms with Crippen molar-refractivity contribution in [2.75, 3.05) is 19.8 Å². The molecule has 0 amide bonds. The average molecular weight is 500 g/mol. The predicted octanol–water partition coefficient (Wildman–Crippen LogP) is -6.60. The Morgan fingerprint density at radius 3 is 1.50 bits per heavy atom. The maximum Gasteiger partial charge on any atom is 0.176 e. The molecular formula is C19H37N3O12. The van der Waals surface area contributed by atoms with Crippen molar-refractivity contribution in [3.63, 3.8) is 0 Å². The molecule has 0 saturated carbocycles. The molecule has 6 unspecified atom stereocenters. The van der Waals surface area contributed by atoms with Gasteiger partial charge in [0.05, 0.1) is 44.1 Å². The smallest absolute Gasteiger partial charge is 0.176 e. The zero-order valence-corrected chi connectivity index (χ0v) is 18.7. The Balaban J connectivity index is 1.72. The highest BCUT2D eigenvalue weighted by atomic mass is 16.7. The van der Waals surface area contributed by atoms with Gasteiger partial charge in [-0.3, -0.25) is 0 Å². The summed E-state index contributed by atoms with van der Waals surface area (Å²) >= 11 is 0. The van der Waals surface area contributed by atoms with E-state index in [1.165, 1.54) is 0 Å². The van der Waals surface area contributed by atoms with Gasteiger partial charge in [-0.2, -0.15) is 0 Å². The Hall–Kier alpha value is -0.600. The highest BCUT2D eigenvalue weighted by Crippen LogP contribution is 2.31. The van der Waals surface area contributed by atoms with E-state index in [2.05, 4.69) is 0 Å². The van der Waals surface area contributed by atoms with E-state index in [1.54, 1.807) is 6.92 Å². The summed E-state index contributed by atoms with van der Waals surface area (Å²) in [5.41, 5.74) is 17.9. The molecule has 0 spiro atoms. The van der Waals surface area contributed by atoms with Crippen LogP contribution in [0.3, 0.4) is 0 Å². The molecule has 0 aromatic heterocycles. The molecular weight excluding hydrogens is 462 g/mol. The Morgan fingerprint density at radius 2 is 1.00 bits per heavy atom. The second-order valence-corrected chi connectivity index (χ2v) is 8.91. The molecule has 15 nitrogen and oxygen atoms in total. The molecule has 3 aliphatic rings. The van der Waals surface area contributed by atoms with Crippen molar-refractivity contribution < 1.29 is 59.4 Å². The van der Waals surface area contributed by atoms with Crippen LogP contribution in [0.2, 0.25) is 0 Å². The zero-order chi connectivity index (χ0) is 25.3. The van der Waals surface area contributed by atoms with Gasteiger partial charge in [0.2, 0.25) is 0 Å². The van der Waals surface area contributed by atoms with Gasteiger partial charge in [0, 0.05) is 0 Å². The van der Waals surface area contributed by atoms with Crippen LogP contribution in [0.15, 0.2) is 0 Å². The summed E-state index contributed by atoms with van der Waals surface area (Å²) in [5.74, 6) is 0. The Bertz CT molecular complexity index is 646. The van der Waals surface area contributed by atoms with Crippen LogP contribution in [0.25, 0.3) is 0 Å². The fraction of sp³-hybridized carbons (Fsp3) is 1.00. The van der Waals surface area contributed by atoms with Crippen molar-refractivity contribution >= 4 is 0 Å². The molecule has 15 heteroatoms. The Morgan fingerprint density at radius 1 is 0.588 bits per heavy atom. The minimum Gasteiger partial charge on any atom is -0.394 e. The standard InChI is InChI=1S/C19H37N3O12/c1-5-9(20)14(28)16(7(3-24)30-5)33-19-11(22)15(29)17(8(4-25)32-19)34-18-10(21)13(27)12(26)6(2-23)31-18/h5-19,23-29H,2-4,20-22H2,1H3/t5?,6?,7?,8?,9-,10+,11+,12-,13-,14-,15-,16-,17-,18?,19?/m1/s1. The van der Waals surface area contributed by atoms with Crippen molar-refractivity contribution in [3.8, 4) is 0 Å². The van der Waals surface area contributed by atoms with Crippen molar-refractivity contribution in [3.05, 3.63) is 0 Å². The van der Waals surface area contributed by atoms with Gasteiger partial charge in [-0.15, -0.1) is 0 Å². The summed E-state index contributed by atoms with van der Waals surface area (Å²) < 4.78 is 28.1. The third-order valence-corrected chi connectivity index (χ3v) is 6.62. The summed E-state index contributed by atoms with van der Waals surface area (Å²) in [6.45, 7) is -0.144. The van der Waals surface area contributed by atoms with Gasteiger partial charge in [-0.05, 0) is 6.92 Å². The number of aliphatic hydroxyl groups excluding tert-OH is 7. The normalized spacial score (nSPS) is 52.5. The summed E-state index contributed by atoms with van der Waals surface area (Å²) in [7, 11) is 0. The van der Waals surface area contributed by atoms with Crippen LogP contribution in [0.1, 0.15) is 6.92 Å². The number of rotatable bonds is 7. The van der Waals surface area contributed by atoms with Gasteiger partial charge in [-0.1, -0.05) is 0 Å². The maximum atomic E-state index is 10.8. The molecule has 3 saturated heterocycles. The number of nitrogens with two attached hydrogens (primary N) is 3. The van der Waals surface area contributed by atoms with E-state index in [1.807, 2.05) is 0 Å². The van der Waals surface area contributed by atoms with Gasteiger partial charge in [0.1, 0.15) is 54.9 Å².